The SMILES string of the molecule is CCC(CC)[C@H]1COC(C(C)(C)C2=N[C@@H](C(CC)CC)CO2)=N1. The fourth-order valence-corrected chi connectivity index (χ4v) is 3.70. The highest BCUT2D eigenvalue weighted by Crippen LogP contribution is 2.33. The largest absolute Gasteiger partial charge is 0.478 e. The molecule has 0 fully saturated rings. The van der Waals surface area contributed by atoms with Crippen LogP contribution in [-0.4, -0.2) is 37.1 Å². The summed E-state index contributed by atoms with van der Waals surface area (Å²) in [5.74, 6) is 2.82. The Kier molecular flexibility index (Phi) is 6.10. The standard InChI is InChI=1S/C19H34N2O2/c1-7-13(8-2)15-11-22-17(20-15)19(5,6)18-21-16(12-23-18)14(9-3)10-4/h13-16H,7-12H2,1-6H3/t15-,16-/m1/s1. The van der Waals surface area contributed by atoms with Gasteiger partial charge in [0.05, 0.1) is 12.1 Å². The second-order valence-electron chi connectivity index (χ2n) is 7.40. The first-order valence-corrected chi connectivity index (χ1v) is 9.39. The summed E-state index contributed by atoms with van der Waals surface area (Å²) < 4.78 is 11.9. The van der Waals surface area contributed by atoms with E-state index in [1.807, 2.05) is 0 Å². The molecule has 0 aliphatic carbocycles. The van der Waals surface area contributed by atoms with Crippen molar-refractivity contribution >= 4 is 11.8 Å². The highest BCUT2D eigenvalue weighted by atomic mass is 16.5. The molecule has 0 saturated heterocycles. The summed E-state index contributed by atoms with van der Waals surface area (Å²) in [5.41, 5.74) is -0.360. The molecule has 0 spiro atoms. The molecule has 0 bridgehead atoms. The molecule has 2 aliphatic heterocycles. The summed E-state index contributed by atoms with van der Waals surface area (Å²) in [6, 6.07) is 0.576. The maximum Gasteiger partial charge on any atom is 0.199 e. The van der Waals surface area contributed by atoms with Crippen LogP contribution in [-0.2, 0) is 9.47 Å². The summed E-state index contributed by atoms with van der Waals surface area (Å²) in [7, 11) is 0. The van der Waals surface area contributed by atoms with Gasteiger partial charge in [-0.15, -0.1) is 0 Å². The van der Waals surface area contributed by atoms with Crippen molar-refractivity contribution in [1.29, 1.82) is 0 Å². The number of nitrogens with zero attached hydrogens (tertiary/aromatic N) is 2. The van der Waals surface area contributed by atoms with Crippen LogP contribution in [0.4, 0.5) is 0 Å². The maximum absolute atomic E-state index is 5.96. The van der Waals surface area contributed by atoms with Crippen molar-refractivity contribution in [3.63, 3.8) is 0 Å². The molecule has 0 N–H and O–H groups in total. The number of rotatable bonds is 8. The minimum Gasteiger partial charge on any atom is -0.478 e. The molecule has 0 saturated carbocycles. The predicted octanol–water partition coefficient (Wildman–Crippen LogP) is 4.48. The van der Waals surface area contributed by atoms with Crippen LogP contribution < -0.4 is 0 Å². The summed E-state index contributed by atoms with van der Waals surface area (Å²) in [6.45, 7) is 14.6. The third-order valence-electron chi connectivity index (χ3n) is 5.60. The van der Waals surface area contributed by atoms with Crippen molar-refractivity contribution in [2.75, 3.05) is 13.2 Å². The van der Waals surface area contributed by atoms with Crippen molar-refractivity contribution in [1.82, 2.24) is 0 Å². The highest BCUT2D eigenvalue weighted by Gasteiger charge is 2.42. The summed E-state index contributed by atoms with van der Waals surface area (Å²) in [4.78, 5) is 9.78. The van der Waals surface area contributed by atoms with Crippen molar-refractivity contribution in [3.8, 4) is 0 Å². The predicted molar refractivity (Wildman–Crippen MR) is 96.3 cm³/mol. The van der Waals surface area contributed by atoms with Crippen molar-refractivity contribution in [3.05, 3.63) is 0 Å². The van der Waals surface area contributed by atoms with E-state index < -0.39 is 0 Å². The number of hydrogen-bond donors (Lipinski definition) is 0. The molecule has 0 unspecified atom stereocenters. The molecule has 132 valence electrons. The van der Waals surface area contributed by atoms with Gasteiger partial charge in [0.25, 0.3) is 0 Å². The molecule has 0 aromatic rings. The van der Waals surface area contributed by atoms with Gasteiger partial charge in [0.15, 0.2) is 11.8 Å². The van der Waals surface area contributed by atoms with E-state index in [1.165, 1.54) is 0 Å². The van der Waals surface area contributed by atoms with Crippen LogP contribution >= 0.6 is 0 Å². The third kappa shape index (κ3) is 3.72. The Morgan fingerprint density at radius 2 is 1.17 bits per heavy atom. The lowest BCUT2D eigenvalue weighted by Crippen LogP contribution is -2.34. The molecular weight excluding hydrogens is 288 g/mol. The average Bonchev–Trinajstić information content (AvgIpc) is 3.20. The Labute approximate surface area is 141 Å². The Bertz CT molecular complexity index is 408. The van der Waals surface area contributed by atoms with Crippen molar-refractivity contribution in [2.45, 2.75) is 79.3 Å². The first-order valence-electron chi connectivity index (χ1n) is 9.39. The molecule has 2 atom stereocenters. The molecular formula is C19H34N2O2. The lowest BCUT2D eigenvalue weighted by Gasteiger charge is -2.22. The van der Waals surface area contributed by atoms with E-state index in [1.54, 1.807) is 0 Å². The van der Waals surface area contributed by atoms with E-state index >= 15 is 0 Å². The summed E-state index contributed by atoms with van der Waals surface area (Å²) in [5, 5.41) is 0. The average molecular weight is 322 g/mol. The molecule has 0 amide bonds. The topological polar surface area (TPSA) is 43.2 Å². The maximum atomic E-state index is 5.96. The molecule has 4 heteroatoms. The molecule has 0 aromatic carbocycles. The first kappa shape index (κ1) is 18.3. The van der Waals surface area contributed by atoms with Gasteiger partial charge in [-0.3, -0.25) is 0 Å². The molecule has 23 heavy (non-hydrogen) atoms. The van der Waals surface area contributed by atoms with Crippen LogP contribution in [0.2, 0.25) is 0 Å². The van der Waals surface area contributed by atoms with Gasteiger partial charge in [0.1, 0.15) is 18.6 Å². The molecule has 0 radical (unpaired) electrons. The van der Waals surface area contributed by atoms with E-state index in [4.69, 9.17) is 19.5 Å². The van der Waals surface area contributed by atoms with Crippen molar-refractivity contribution in [2.24, 2.45) is 27.2 Å². The Morgan fingerprint density at radius 1 is 0.826 bits per heavy atom. The normalized spacial score (nSPS) is 24.7. The van der Waals surface area contributed by atoms with E-state index in [0.29, 0.717) is 25.0 Å². The van der Waals surface area contributed by atoms with Gasteiger partial charge in [-0.05, 0) is 25.7 Å². The summed E-state index contributed by atoms with van der Waals surface area (Å²) >= 11 is 0. The Balaban J connectivity index is 2.13. The van der Waals surface area contributed by atoms with Gasteiger partial charge < -0.3 is 9.47 Å². The zero-order chi connectivity index (χ0) is 17.0. The number of hydrogen-bond acceptors (Lipinski definition) is 4. The van der Waals surface area contributed by atoms with Crippen LogP contribution in [0.25, 0.3) is 0 Å². The van der Waals surface area contributed by atoms with Crippen LogP contribution in [0.3, 0.4) is 0 Å². The molecule has 2 rings (SSSR count). The van der Waals surface area contributed by atoms with E-state index in [2.05, 4.69) is 41.5 Å². The second-order valence-corrected chi connectivity index (χ2v) is 7.40. The molecule has 4 nitrogen and oxygen atoms in total. The third-order valence-corrected chi connectivity index (χ3v) is 5.60. The fraction of sp³-hybridized carbons (Fsp3) is 0.895. The summed E-state index contributed by atoms with van der Waals surface area (Å²) in [6.07, 6.45) is 4.59. The van der Waals surface area contributed by atoms with Crippen LogP contribution in [0, 0.1) is 17.3 Å². The molecule has 2 aliphatic rings. The number of ether oxygens (including phenoxy) is 2. The van der Waals surface area contributed by atoms with E-state index in [0.717, 1.165) is 37.5 Å². The quantitative estimate of drug-likeness (QED) is 0.661. The zero-order valence-corrected chi connectivity index (χ0v) is 15.8. The number of aliphatic imine (C=N–C) groups is 2. The van der Waals surface area contributed by atoms with Crippen LogP contribution in [0.5, 0.6) is 0 Å². The van der Waals surface area contributed by atoms with Gasteiger partial charge in [0, 0.05) is 0 Å². The minimum atomic E-state index is -0.360. The second kappa shape index (κ2) is 7.67. The fourth-order valence-electron chi connectivity index (χ4n) is 3.70. The van der Waals surface area contributed by atoms with Gasteiger partial charge in [-0.2, -0.15) is 0 Å². The van der Waals surface area contributed by atoms with Crippen LogP contribution in [0.15, 0.2) is 9.98 Å². The zero-order valence-electron chi connectivity index (χ0n) is 15.8. The van der Waals surface area contributed by atoms with Gasteiger partial charge >= 0.3 is 0 Å². The molecule has 0 aromatic heterocycles. The lowest BCUT2D eigenvalue weighted by molar-refractivity contribution is 0.237. The van der Waals surface area contributed by atoms with Gasteiger partial charge in [-0.25, -0.2) is 9.98 Å². The Hall–Kier alpha value is -1.06. The van der Waals surface area contributed by atoms with Gasteiger partial charge in [0.2, 0.25) is 0 Å². The smallest absolute Gasteiger partial charge is 0.199 e. The van der Waals surface area contributed by atoms with E-state index in [9.17, 15) is 0 Å². The highest BCUT2D eigenvalue weighted by molar-refractivity contribution is 6.05. The van der Waals surface area contributed by atoms with Crippen molar-refractivity contribution < 1.29 is 9.47 Å². The van der Waals surface area contributed by atoms with Gasteiger partial charge in [-0.1, -0.05) is 53.4 Å². The monoisotopic (exact) mass is 322 g/mol. The molecule has 2 heterocycles. The minimum absolute atomic E-state index is 0.288. The first-order chi connectivity index (χ1) is 11.0. The van der Waals surface area contributed by atoms with Crippen LogP contribution in [0.1, 0.15) is 67.2 Å². The Morgan fingerprint density at radius 3 is 1.48 bits per heavy atom. The lowest BCUT2D eigenvalue weighted by atomic mass is 9.92. The van der Waals surface area contributed by atoms with E-state index in [-0.39, 0.29) is 17.5 Å².